The van der Waals surface area contributed by atoms with E-state index in [9.17, 15) is 5.11 Å². The van der Waals surface area contributed by atoms with Crippen LogP contribution in [-0.2, 0) is 4.74 Å². The Kier molecular flexibility index (Phi) is 5.23. The lowest BCUT2D eigenvalue weighted by atomic mass is 9.95. The second-order valence-electron chi connectivity index (χ2n) is 5.26. The van der Waals surface area contributed by atoms with Gasteiger partial charge in [0, 0.05) is 13.5 Å². The van der Waals surface area contributed by atoms with E-state index in [1.807, 2.05) is 31.2 Å². The number of aliphatic hydroxyl groups is 1. The van der Waals surface area contributed by atoms with Gasteiger partial charge in [-0.05, 0) is 43.4 Å². The number of rotatable bonds is 5. The molecule has 2 rings (SSSR count). The molecule has 0 aromatic heterocycles. The van der Waals surface area contributed by atoms with Gasteiger partial charge in [-0.2, -0.15) is 0 Å². The lowest BCUT2D eigenvalue weighted by molar-refractivity contribution is 0.0209. The highest BCUT2D eigenvalue weighted by Crippen LogP contribution is 2.26. The smallest absolute Gasteiger partial charge is 0.119 e. The topological polar surface area (TPSA) is 38.7 Å². The van der Waals surface area contributed by atoms with Gasteiger partial charge in [0.25, 0.3) is 0 Å². The normalized spacial score (nSPS) is 25.0. The van der Waals surface area contributed by atoms with Gasteiger partial charge >= 0.3 is 0 Å². The van der Waals surface area contributed by atoms with E-state index >= 15 is 0 Å². The zero-order valence-electron chi connectivity index (χ0n) is 11.8. The number of hydrogen-bond acceptors (Lipinski definition) is 3. The van der Waals surface area contributed by atoms with Crippen LogP contribution in [0.4, 0.5) is 0 Å². The van der Waals surface area contributed by atoms with Crippen molar-refractivity contribution >= 4 is 0 Å². The summed E-state index contributed by atoms with van der Waals surface area (Å²) in [5, 5.41) is 9.75. The molecule has 3 nitrogen and oxygen atoms in total. The van der Waals surface area contributed by atoms with Crippen LogP contribution >= 0.6 is 0 Å². The fraction of sp³-hybridized carbons (Fsp3) is 0.625. The van der Waals surface area contributed by atoms with Crippen LogP contribution in [0.1, 0.15) is 50.7 Å². The summed E-state index contributed by atoms with van der Waals surface area (Å²) in [6, 6.07) is 7.79. The van der Waals surface area contributed by atoms with E-state index in [0.29, 0.717) is 6.10 Å². The highest BCUT2D eigenvalue weighted by molar-refractivity contribution is 5.28. The lowest BCUT2D eigenvalue weighted by Gasteiger charge is -2.28. The van der Waals surface area contributed by atoms with Gasteiger partial charge in [-0.25, -0.2) is 0 Å². The number of methoxy groups -OCH3 is 1. The van der Waals surface area contributed by atoms with E-state index in [0.717, 1.165) is 43.4 Å². The lowest BCUT2D eigenvalue weighted by Crippen LogP contribution is -2.29. The van der Waals surface area contributed by atoms with E-state index in [1.54, 1.807) is 7.11 Å². The second-order valence-corrected chi connectivity index (χ2v) is 5.26. The maximum absolute atomic E-state index is 9.75. The van der Waals surface area contributed by atoms with E-state index < -0.39 is 0 Å². The fourth-order valence-corrected chi connectivity index (χ4v) is 2.62. The molecule has 106 valence electrons. The molecule has 1 N–H and O–H groups in total. The number of aliphatic hydroxyl groups excluding tert-OH is 1. The summed E-state index contributed by atoms with van der Waals surface area (Å²) < 4.78 is 11.4. The summed E-state index contributed by atoms with van der Waals surface area (Å²) in [5.74, 6) is 0.883. The molecule has 0 spiro atoms. The highest BCUT2D eigenvalue weighted by Gasteiger charge is 2.23. The average molecular weight is 264 g/mol. The molecule has 1 aromatic rings. The predicted molar refractivity (Wildman–Crippen MR) is 75.4 cm³/mol. The molecule has 0 radical (unpaired) electrons. The maximum Gasteiger partial charge on any atom is 0.119 e. The largest absolute Gasteiger partial charge is 0.490 e. The summed E-state index contributed by atoms with van der Waals surface area (Å²) >= 11 is 0. The minimum absolute atomic E-state index is 0.251. The molecule has 0 heterocycles. The molecule has 19 heavy (non-hydrogen) atoms. The third-order valence-corrected chi connectivity index (χ3v) is 3.87. The van der Waals surface area contributed by atoms with Gasteiger partial charge in [0.2, 0.25) is 0 Å². The van der Waals surface area contributed by atoms with Crippen LogP contribution in [0.3, 0.4) is 0 Å². The Morgan fingerprint density at radius 3 is 2.53 bits per heavy atom. The van der Waals surface area contributed by atoms with Gasteiger partial charge in [-0.3, -0.25) is 0 Å². The Balaban J connectivity index is 1.92. The summed E-state index contributed by atoms with van der Waals surface area (Å²) in [4.78, 5) is 0. The predicted octanol–water partition coefficient (Wildman–Crippen LogP) is 3.47. The first-order chi connectivity index (χ1) is 9.22. The molecular formula is C16H24O3. The number of hydrogen-bond donors (Lipinski definition) is 1. The van der Waals surface area contributed by atoms with Crippen LogP contribution < -0.4 is 4.74 Å². The van der Waals surface area contributed by atoms with E-state index in [4.69, 9.17) is 9.47 Å². The van der Waals surface area contributed by atoms with Crippen LogP contribution in [0.5, 0.6) is 5.75 Å². The molecule has 1 aromatic carbocycles. The van der Waals surface area contributed by atoms with Crippen molar-refractivity contribution in [2.45, 2.75) is 57.3 Å². The molecule has 3 atom stereocenters. The first-order valence-corrected chi connectivity index (χ1v) is 7.20. The SMILES string of the molecule is CC[C@H](O)c1ccc(OC2CCCC(OC)C2)cc1. The fourth-order valence-electron chi connectivity index (χ4n) is 2.62. The average Bonchev–Trinajstić information content (AvgIpc) is 2.47. The molecule has 1 aliphatic carbocycles. The van der Waals surface area contributed by atoms with Gasteiger partial charge < -0.3 is 14.6 Å². The molecule has 0 aliphatic heterocycles. The molecule has 1 aliphatic rings. The maximum atomic E-state index is 9.75. The number of ether oxygens (including phenoxy) is 2. The molecule has 0 saturated heterocycles. The van der Waals surface area contributed by atoms with E-state index in [-0.39, 0.29) is 12.2 Å². The number of benzene rings is 1. The molecule has 0 bridgehead atoms. The first-order valence-electron chi connectivity index (χ1n) is 7.20. The highest BCUT2D eigenvalue weighted by atomic mass is 16.5. The Labute approximate surface area is 115 Å². The molecule has 3 heteroatoms. The molecular weight excluding hydrogens is 240 g/mol. The van der Waals surface area contributed by atoms with Crippen LogP contribution in [0.15, 0.2) is 24.3 Å². The Hall–Kier alpha value is -1.06. The summed E-state index contributed by atoms with van der Waals surface area (Å²) in [7, 11) is 1.77. The third-order valence-electron chi connectivity index (χ3n) is 3.87. The van der Waals surface area contributed by atoms with Crippen LogP contribution in [-0.4, -0.2) is 24.4 Å². The van der Waals surface area contributed by atoms with Crippen molar-refractivity contribution in [3.8, 4) is 5.75 Å². The minimum Gasteiger partial charge on any atom is -0.490 e. The van der Waals surface area contributed by atoms with Gasteiger partial charge in [0.1, 0.15) is 11.9 Å². The van der Waals surface area contributed by atoms with Crippen molar-refractivity contribution in [3.05, 3.63) is 29.8 Å². The first kappa shape index (κ1) is 14.4. The Morgan fingerprint density at radius 2 is 1.89 bits per heavy atom. The van der Waals surface area contributed by atoms with Gasteiger partial charge in [-0.1, -0.05) is 19.1 Å². The zero-order valence-corrected chi connectivity index (χ0v) is 11.8. The van der Waals surface area contributed by atoms with Gasteiger partial charge in [0.05, 0.1) is 12.2 Å². The summed E-state index contributed by atoms with van der Waals surface area (Å²) in [6.07, 6.45) is 5.31. The van der Waals surface area contributed by atoms with E-state index in [1.165, 1.54) is 0 Å². The van der Waals surface area contributed by atoms with Crippen molar-refractivity contribution < 1.29 is 14.6 Å². The van der Waals surface area contributed by atoms with Crippen molar-refractivity contribution in [1.82, 2.24) is 0 Å². The van der Waals surface area contributed by atoms with Crippen LogP contribution in [0.2, 0.25) is 0 Å². The minimum atomic E-state index is -0.374. The summed E-state index contributed by atoms with van der Waals surface area (Å²) in [6.45, 7) is 1.97. The van der Waals surface area contributed by atoms with Crippen molar-refractivity contribution in [2.75, 3.05) is 7.11 Å². The Bertz CT molecular complexity index is 374. The monoisotopic (exact) mass is 264 g/mol. The summed E-state index contributed by atoms with van der Waals surface area (Å²) in [5.41, 5.74) is 0.952. The van der Waals surface area contributed by atoms with Crippen molar-refractivity contribution in [3.63, 3.8) is 0 Å². The van der Waals surface area contributed by atoms with Crippen LogP contribution in [0, 0.1) is 0 Å². The van der Waals surface area contributed by atoms with Gasteiger partial charge in [0.15, 0.2) is 0 Å². The molecule has 1 saturated carbocycles. The Morgan fingerprint density at radius 1 is 1.21 bits per heavy atom. The zero-order chi connectivity index (χ0) is 13.7. The standard InChI is InChI=1S/C16H24O3/c1-3-16(17)12-7-9-13(10-8-12)19-15-6-4-5-14(11-15)18-2/h7-10,14-17H,3-6,11H2,1-2H3/t14?,15?,16-/m0/s1. The quantitative estimate of drug-likeness (QED) is 0.885. The van der Waals surface area contributed by atoms with Gasteiger partial charge in [-0.15, -0.1) is 0 Å². The molecule has 2 unspecified atom stereocenters. The third kappa shape index (κ3) is 3.95. The molecule has 1 fully saturated rings. The second kappa shape index (κ2) is 6.92. The van der Waals surface area contributed by atoms with Crippen molar-refractivity contribution in [2.24, 2.45) is 0 Å². The van der Waals surface area contributed by atoms with Crippen molar-refractivity contribution in [1.29, 1.82) is 0 Å². The molecule has 0 amide bonds. The van der Waals surface area contributed by atoms with Crippen LogP contribution in [0.25, 0.3) is 0 Å². The van der Waals surface area contributed by atoms with E-state index in [2.05, 4.69) is 0 Å².